The average molecular weight is 271 g/mol. The molecule has 2 aromatic rings. The van der Waals surface area contributed by atoms with Crippen LogP contribution in [-0.2, 0) is 6.42 Å². The Hall–Kier alpha value is -1.87. The second-order valence-corrected chi connectivity index (χ2v) is 5.16. The van der Waals surface area contributed by atoms with Gasteiger partial charge in [0.25, 0.3) is 0 Å². The quantitative estimate of drug-likeness (QED) is 0.924. The van der Waals surface area contributed by atoms with E-state index in [0.29, 0.717) is 5.56 Å². The van der Waals surface area contributed by atoms with Gasteiger partial charge in [0.2, 0.25) is 0 Å². The van der Waals surface area contributed by atoms with Crippen molar-refractivity contribution in [3.63, 3.8) is 0 Å². The molecule has 1 N–H and O–H groups in total. The molecule has 0 fully saturated rings. The van der Waals surface area contributed by atoms with Crippen molar-refractivity contribution in [3.8, 4) is 5.75 Å². The maximum atomic E-state index is 13.4. The summed E-state index contributed by atoms with van der Waals surface area (Å²) < 4.78 is 19.2. The third kappa shape index (κ3) is 2.18. The number of hydrogen-bond acceptors (Lipinski definition) is 2. The highest BCUT2D eigenvalue weighted by Crippen LogP contribution is 2.36. The molecule has 104 valence electrons. The van der Waals surface area contributed by atoms with Gasteiger partial charge in [-0.2, -0.15) is 0 Å². The molecule has 0 aromatic heterocycles. The molecule has 1 atom stereocenters. The van der Waals surface area contributed by atoms with Crippen LogP contribution in [0.3, 0.4) is 0 Å². The van der Waals surface area contributed by atoms with Crippen molar-refractivity contribution in [2.75, 3.05) is 13.7 Å². The molecular weight excluding hydrogens is 253 g/mol. The Labute approximate surface area is 118 Å². The summed E-state index contributed by atoms with van der Waals surface area (Å²) in [6.45, 7) is 2.53. The number of nitrogens with one attached hydrogen (secondary N) is 1. The monoisotopic (exact) mass is 271 g/mol. The highest BCUT2D eigenvalue weighted by molar-refractivity contribution is 5.49. The number of fused-ring (bicyclic) bond motifs is 1. The smallest absolute Gasteiger partial charge is 0.127 e. The fourth-order valence-corrected chi connectivity index (χ4v) is 2.82. The van der Waals surface area contributed by atoms with Gasteiger partial charge < -0.3 is 10.1 Å². The summed E-state index contributed by atoms with van der Waals surface area (Å²) in [7, 11) is 1.91. The normalized spacial score (nSPS) is 14.8. The highest BCUT2D eigenvalue weighted by Gasteiger charge is 2.22. The number of halogens is 1. The number of benzene rings is 2. The summed E-state index contributed by atoms with van der Waals surface area (Å²) in [4.78, 5) is 0. The lowest BCUT2D eigenvalue weighted by molar-refractivity contribution is 0.351. The molecule has 0 aliphatic carbocycles. The van der Waals surface area contributed by atoms with E-state index in [1.807, 2.05) is 19.2 Å². The minimum Gasteiger partial charge on any atom is -0.493 e. The van der Waals surface area contributed by atoms with Crippen molar-refractivity contribution < 1.29 is 9.13 Å². The first kappa shape index (κ1) is 13.1. The zero-order valence-corrected chi connectivity index (χ0v) is 11.7. The molecule has 2 aromatic carbocycles. The number of rotatable bonds is 3. The van der Waals surface area contributed by atoms with E-state index in [-0.39, 0.29) is 11.9 Å². The van der Waals surface area contributed by atoms with Gasteiger partial charge in [-0.1, -0.05) is 30.3 Å². The molecule has 1 aliphatic rings. The van der Waals surface area contributed by atoms with Gasteiger partial charge in [0, 0.05) is 12.0 Å². The molecule has 1 aliphatic heterocycles. The molecule has 2 nitrogen and oxygen atoms in total. The lowest BCUT2D eigenvalue weighted by Crippen LogP contribution is -2.18. The Kier molecular flexibility index (Phi) is 3.45. The molecule has 0 bridgehead atoms. The fourth-order valence-electron chi connectivity index (χ4n) is 2.82. The Bertz CT molecular complexity index is 639. The van der Waals surface area contributed by atoms with Crippen molar-refractivity contribution in [1.82, 2.24) is 5.32 Å². The minimum absolute atomic E-state index is 0.0161. The second kappa shape index (κ2) is 5.25. The molecular formula is C17H18FNO. The standard InChI is InChI=1S/C17H18FNO/c1-11-10-13(6-7-15(11)18)16(19-2)14-5-3-4-12-8-9-20-17(12)14/h3-7,10,16,19H,8-9H2,1-2H3. The molecule has 0 spiro atoms. The van der Waals surface area contributed by atoms with E-state index in [1.54, 1.807) is 6.92 Å². The van der Waals surface area contributed by atoms with Crippen LogP contribution in [0, 0.1) is 12.7 Å². The molecule has 1 heterocycles. The van der Waals surface area contributed by atoms with Crippen LogP contribution in [0.2, 0.25) is 0 Å². The van der Waals surface area contributed by atoms with Crippen molar-refractivity contribution >= 4 is 0 Å². The number of aryl methyl sites for hydroxylation is 1. The molecule has 0 radical (unpaired) electrons. The topological polar surface area (TPSA) is 21.3 Å². The van der Waals surface area contributed by atoms with E-state index in [4.69, 9.17) is 4.74 Å². The van der Waals surface area contributed by atoms with Gasteiger partial charge in [0.1, 0.15) is 11.6 Å². The third-order valence-electron chi connectivity index (χ3n) is 3.86. The summed E-state index contributed by atoms with van der Waals surface area (Å²) in [6.07, 6.45) is 0.960. The highest BCUT2D eigenvalue weighted by atomic mass is 19.1. The van der Waals surface area contributed by atoms with Crippen molar-refractivity contribution in [3.05, 3.63) is 64.5 Å². The van der Waals surface area contributed by atoms with E-state index in [0.717, 1.165) is 29.9 Å². The summed E-state index contributed by atoms with van der Waals surface area (Å²) in [5, 5.41) is 3.31. The SMILES string of the molecule is CNC(c1ccc(F)c(C)c1)c1cccc2c1OCC2. The largest absolute Gasteiger partial charge is 0.493 e. The molecule has 1 unspecified atom stereocenters. The van der Waals surface area contributed by atoms with Crippen LogP contribution in [-0.4, -0.2) is 13.7 Å². The zero-order valence-electron chi connectivity index (χ0n) is 11.7. The molecule has 20 heavy (non-hydrogen) atoms. The van der Waals surface area contributed by atoms with Crippen LogP contribution in [0.1, 0.15) is 28.3 Å². The first-order valence-electron chi connectivity index (χ1n) is 6.88. The predicted octanol–water partition coefficient (Wildman–Crippen LogP) is 3.38. The first-order valence-corrected chi connectivity index (χ1v) is 6.88. The molecule has 0 saturated heterocycles. The van der Waals surface area contributed by atoms with Gasteiger partial charge in [-0.05, 0) is 36.7 Å². The van der Waals surface area contributed by atoms with Crippen molar-refractivity contribution in [2.45, 2.75) is 19.4 Å². The maximum Gasteiger partial charge on any atom is 0.127 e. The Balaban J connectivity index is 2.06. The van der Waals surface area contributed by atoms with Gasteiger partial charge in [-0.3, -0.25) is 0 Å². The second-order valence-electron chi connectivity index (χ2n) is 5.16. The molecule has 3 heteroatoms. The van der Waals surface area contributed by atoms with Crippen LogP contribution < -0.4 is 10.1 Å². The van der Waals surface area contributed by atoms with E-state index < -0.39 is 0 Å². The van der Waals surface area contributed by atoms with Gasteiger partial charge >= 0.3 is 0 Å². The van der Waals surface area contributed by atoms with Gasteiger partial charge in [0.05, 0.1) is 12.6 Å². The van der Waals surface area contributed by atoms with Crippen LogP contribution in [0.25, 0.3) is 0 Å². The Morgan fingerprint density at radius 1 is 1.25 bits per heavy atom. The van der Waals surface area contributed by atoms with Crippen LogP contribution in [0.5, 0.6) is 5.75 Å². The summed E-state index contributed by atoms with van der Waals surface area (Å²) in [5.74, 6) is 0.812. The molecule has 3 rings (SSSR count). The zero-order chi connectivity index (χ0) is 14.1. The lowest BCUT2D eigenvalue weighted by atomic mass is 9.95. The number of hydrogen-bond donors (Lipinski definition) is 1. The average Bonchev–Trinajstić information content (AvgIpc) is 2.93. The molecule has 0 saturated carbocycles. The number of para-hydroxylation sites is 1. The molecule has 0 amide bonds. The van der Waals surface area contributed by atoms with Crippen LogP contribution >= 0.6 is 0 Å². The minimum atomic E-state index is -0.168. The lowest BCUT2D eigenvalue weighted by Gasteiger charge is -2.20. The van der Waals surface area contributed by atoms with Crippen LogP contribution in [0.15, 0.2) is 36.4 Å². The van der Waals surface area contributed by atoms with E-state index >= 15 is 0 Å². The number of ether oxygens (including phenoxy) is 1. The van der Waals surface area contributed by atoms with Gasteiger partial charge in [-0.15, -0.1) is 0 Å². The van der Waals surface area contributed by atoms with E-state index in [2.05, 4.69) is 23.5 Å². The van der Waals surface area contributed by atoms with Crippen LogP contribution in [0.4, 0.5) is 4.39 Å². The first-order chi connectivity index (χ1) is 9.70. The van der Waals surface area contributed by atoms with Crippen molar-refractivity contribution in [1.29, 1.82) is 0 Å². The van der Waals surface area contributed by atoms with Crippen molar-refractivity contribution in [2.24, 2.45) is 0 Å². The van der Waals surface area contributed by atoms with E-state index in [1.165, 1.54) is 11.6 Å². The Morgan fingerprint density at radius 2 is 2.10 bits per heavy atom. The predicted molar refractivity (Wildman–Crippen MR) is 77.7 cm³/mol. The fraction of sp³-hybridized carbons (Fsp3) is 0.294. The van der Waals surface area contributed by atoms with Gasteiger partial charge in [-0.25, -0.2) is 4.39 Å². The summed E-state index contributed by atoms with van der Waals surface area (Å²) in [5.41, 5.74) is 4.08. The summed E-state index contributed by atoms with van der Waals surface area (Å²) in [6, 6.07) is 11.5. The third-order valence-corrected chi connectivity index (χ3v) is 3.86. The maximum absolute atomic E-state index is 13.4. The summed E-state index contributed by atoms with van der Waals surface area (Å²) >= 11 is 0. The Morgan fingerprint density at radius 3 is 2.85 bits per heavy atom. The van der Waals surface area contributed by atoms with E-state index in [9.17, 15) is 4.39 Å². The van der Waals surface area contributed by atoms with Gasteiger partial charge in [0.15, 0.2) is 0 Å².